The Kier molecular flexibility index (Phi) is 2.53. The van der Waals surface area contributed by atoms with Gasteiger partial charge in [0.15, 0.2) is 0 Å². The fraction of sp³-hybridized carbons (Fsp3) is 1.00. The first kappa shape index (κ1) is 10.0. The lowest BCUT2D eigenvalue weighted by Gasteiger charge is -2.31. The number of hydrogen-bond donors (Lipinski definition) is 1. The summed E-state index contributed by atoms with van der Waals surface area (Å²) in [6, 6.07) is 0. The van der Waals surface area contributed by atoms with E-state index in [2.05, 4.69) is 20.8 Å². The summed E-state index contributed by atoms with van der Waals surface area (Å²) in [5.74, 6) is 0.525. The van der Waals surface area contributed by atoms with Crippen molar-refractivity contribution in [3.8, 4) is 0 Å². The van der Waals surface area contributed by atoms with Crippen LogP contribution in [0.25, 0.3) is 0 Å². The minimum atomic E-state index is -0.382. The van der Waals surface area contributed by atoms with Crippen molar-refractivity contribution in [1.29, 1.82) is 0 Å². The predicted octanol–water partition coefficient (Wildman–Crippen LogP) is 2.97. The zero-order valence-corrected chi connectivity index (χ0v) is 8.85. The molecule has 1 heteroatoms. The predicted molar refractivity (Wildman–Crippen MR) is 52.0 cm³/mol. The molecule has 1 aliphatic carbocycles. The Morgan fingerprint density at radius 2 is 2.00 bits per heavy atom. The summed E-state index contributed by atoms with van der Waals surface area (Å²) in [6.45, 7) is 8.75. The Labute approximate surface area is 76.2 Å². The van der Waals surface area contributed by atoms with E-state index in [-0.39, 0.29) is 5.60 Å². The summed E-state index contributed by atoms with van der Waals surface area (Å²) in [5.41, 5.74) is -0.0216. The van der Waals surface area contributed by atoms with Gasteiger partial charge in [0, 0.05) is 0 Å². The largest absolute Gasteiger partial charge is 0.390 e. The fourth-order valence-corrected chi connectivity index (χ4v) is 2.28. The Bertz CT molecular complexity index is 153. The highest BCUT2D eigenvalue weighted by atomic mass is 16.3. The molecule has 0 spiro atoms. The second-order valence-electron chi connectivity index (χ2n) is 5.71. The molecule has 2 atom stereocenters. The first-order chi connectivity index (χ1) is 5.31. The van der Waals surface area contributed by atoms with Crippen molar-refractivity contribution in [2.24, 2.45) is 11.3 Å². The maximum Gasteiger partial charge on any atom is 0.0648 e. The molecule has 0 heterocycles. The Hall–Kier alpha value is -0.0400. The Morgan fingerprint density at radius 1 is 1.42 bits per heavy atom. The van der Waals surface area contributed by atoms with E-state index in [9.17, 15) is 5.11 Å². The lowest BCUT2D eigenvalue weighted by Crippen LogP contribution is -2.31. The van der Waals surface area contributed by atoms with E-state index in [4.69, 9.17) is 0 Å². The third kappa shape index (κ3) is 2.48. The molecule has 0 radical (unpaired) electrons. The third-order valence-corrected chi connectivity index (χ3v) is 2.97. The second-order valence-corrected chi connectivity index (χ2v) is 5.71. The number of rotatable bonds is 1. The molecule has 0 aromatic heterocycles. The fourth-order valence-electron chi connectivity index (χ4n) is 2.28. The zero-order valence-electron chi connectivity index (χ0n) is 8.85. The average molecular weight is 170 g/mol. The van der Waals surface area contributed by atoms with Gasteiger partial charge < -0.3 is 5.11 Å². The van der Waals surface area contributed by atoms with E-state index >= 15 is 0 Å². The highest BCUT2D eigenvalue weighted by molar-refractivity contribution is 4.90. The smallest absolute Gasteiger partial charge is 0.0648 e. The Balaban J connectivity index is 2.53. The molecule has 0 aromatic carbocycles. The summed E-state index contributed by atoms with van der Waals surface area (Å²) in [5, 5.41) is 10.0. The molecule has 1 aliphatic rings. The quantitative estimate of drug-likeness (QED) is 0.641. The van der Waals surface area contributed by atoms with E-state index < -0.39 is 0 Å². The molecule has 1 N–H and O–H groups in total. The van der Waals surface area contributed by atoms with Crippen LogP contribution in [0.15, 0.2) is 0 Å². The second kappa shape index (κ2) is 3.02. The number of aliphatic hydroxyl groups is 1. The van der Waals surface area contributed by atoms with Crippen molar-refractivity contribution >= 4 is 0 Å². The van der Waals surface area contributed by atoms with Crippen LogP contribution in [0.4, 0.5) is 0 Å². The van der Waals surface area contributed by atoms with Crippen LogP contribution >= 0.6 is 0 Å². The molecule has 1 saturated carbocycles. The van der Waals surface area contributed by atoms with Gasteiger partial charge in [-0.15, -0.1) is 0 Å². The highest BCUT2D eigenvalue weighted by Gasteiger charge is 2.38. The first-order valence-corrected chi connectivity index (χ1v) is 5.04. The first-order valence-electron chi connectivity index (χ1n) is 5.04. The lowest BCUT2D eigenvalue weighted by atomic mass is 9.79. The molecule has 0 bridgehead atoms. The lowest BCUT2D eigenvalue weighted by molar-refractivity contribution is 0.00536. The topological polar surface area (TPSA) is 20.2 Å². The normalized spacial score (nSPS) is 37.2. The summed E-state index contributed by atoms with van der Waals surface area (Å²) in [6.07, 6.45) is 4.56. The Morgan fingerprint density at radius 3 is 2.33 bits per heavy atom. The van der Waals surface area contributed by atoms with Crippen LogP contribution in [0.5, 0.6) is 0 Å². The van der Waals surface area contributed by atoms with E-state index in [1.54, 1.807) is 0 Å². The monoisotopic (exact) mass is 170 g/mol. The van der Waals surface area contributed by atoms with E-state index in [0.29, 0.717) is 11.3 Å². The van der Waals surface area contributed by atoms with Crippen LogP contribution in [0, 0.1) is 11.3 Å². The van der Waals surface area contributed by atoms with Crippen LogP contribution < -0.4 is 0 Å². The van der Waals surface area contributed by atoms with Gasteiger partial charge >= 0.3 is 0 Å². The van der Waals surface area contributed by atoms with Crippen molar-refractivity contribution in [3.63, 3.8) is 0 Å². The van der Waals surface area contributed by atoms with Gasteiger partial charge in [-0.3, -0.25) is 0 Å². The zero-order chi connectivity index (χ0) is 9.41. The van der Waals surface area contributed by atoms with Crippen LogP contribution in [0.3, 0.4) is 0 Å². The van der Waals surface area contributed by atoms with Gasteiger partial charge in [0.05, 0.1) is 5.60 Å². The van der Waals surface area contributed by atoms with Gasteiger partial charge in [0.2, 0.25) is 0 Å². The molecular formula is C11H22O. The van der Waals surface area contributed by atoms with Crippen molar-refractivity contribution in [1.82, 2.24) is 0 Å². The molecule has 2 unspecified atom stereocenters. The summed E-state index contributed by atoms with van der Waals surface area (Å²) >= 11 is 0. The van der Waals surface area contributed by atoms with Crippen molar-refractivity contribution in [2.45, 2.75) is 59.0 Å². The van der Waals surface area contributed by atoms with E-state index in [1.165, 1.54) is 12.8 Å². The van der Waals surface area contributed by atoms with Crippen LogP contribution in [-0.2, 0) is 0 Å². The van der Waals surface area contributed by atoms with Crippen LogP contribution in [0.2, 0.25) is 0 Å². The average Bonchev–Trinajstić information content (AvgIpc) is 2.07. The SMILES string of the molecule is CC(C)(C)CC1CCCC1(C)O. The summed E-state index contributed by atoms with van der Waals surface area (Å²) < 4.78 is 0. The maximum atomic E-state index is 10.0. The molecule has 12 heavy (non-hydrogen) atoms. The van der Waals surface area contributed by atoms with Crippen molar-refractivity contribution in [2.75, 3.05) is 0 Å². The van der Waals surface area contributed by atoms with Gasteiger partial charge in [0.25, 0.3) is 0 Å². The van der Waals surface area contributed by atoms with E-state index in [1.807, 2.05) is 6.92 Å². The molecular weight excluding hydrogens is 148 g/mol. The standard InChI is InChI=1S/C11H22O/c1-10(2,3)8-9-6-5-7-11(9,4)12/h9,12H,5-8H2,1-4H3. The summed E-state index contributed by atoms with van der Waals surface area (Å²) in [7, 11) is 0. The van der Waals surface area contributed by atoms with Crippen molar-refractivity contribution < 1.29 is 5.11 Å². The molecule has 0 aliphatic heterocycles. The molecule has 72 valence electrons. The van der Waals surface area contributed by atoms with Crippen molar-refractivity contribution in [3.05, 3.63) is 0 Å². The van der Waals surface area contributed by atoms with Gasteiger partial charge in [-0.25, -0.2) is 0 Å². The molecule has 0 saturated heterocycles. The molecule has 1 nitrogen and oxygen atoms in total. The van der Waals surface area contributed by atoms with Gasteiger partial charge in [-0.2, -0.15) is 0 Å². The van der Waals surface area contributed by atoms with Gasteiger partial charge in [0.1, 0.15) is 0 Å². The minimum Gasteiger partial charge on any atom is -0.390 e. The van der Waals surface area contributed by atoms with Crippen LogP contribution in [-0.4, -0.2) is 10.7 Å². The maximum absolute atomic E-state index is 10.0. The molecule has 0 amide bonds. The highest BCUT2D eigenvalue weighted by Crippen LogP contribution is 2.41. The third-order valence-electron chi connectivity index (χ3n) is 2.97. The molecule has 1 rings (SSSR count). The van der Waals surface area contributed by atoms with Gasteiger partial charge in [-0.1, -0.05) is 27.2 Å². The molecule has 0 aromatic rings. The molecule has 1 fully saturated rings. The summed E-state index contributed by atoms with van der Waals surface area (Å²) in [4.78, 5) is 0. The minimum absolute atomic E-state index is 0.360. The number of hydrogen-bond acceptors (Lipinski definition) is 1. The van der Waals surface area contributed by atoms with Gasteiger partial charge in [-0.05, 0) is 37.5 Å². The van der Waals surface area contributed by atoms with E-state index in [0.717, 1.165) is 12.8 Å². The van der Waals surface area contributed by atoms with Crippen LogP contribution in [0.1, 0.15) is 53.4 Å².